The maximum Gasteiger partial charge on any atom is 0.0869 e. The van der Waals surface area contributed by atoms with Gasteiger partial charge >= 0.3 is 0 Å². The summed E-state index contributed by atoms with van der Waals surface area (Å²) in [6.07, 6.45) is 0. The fourth-order valence-corrected chi connectivity index (χ4v) is 0.168. The first-order valence-electron chi connectivity index (χ1n) is 2.45. The minimum Gasteiger partial charge on any atom is -0.204 e. The molecule has 8 heavy (non-hydrogen) atoms. The van der Waals surface area contributed by atoms with Crippen LogP contribution in [0.4, 0.5) is 0 Å². The zero-order valence-electron chi connectivity index (χ0n) is 5.45. The van der Waals surface area contributed by atoms with Crippen molar-refractivity contribution in [1.29, 1.82) is 5.53 Å². The molecular formula is C5H11N2P. The second-order valence-corrected chi connectivity index (χ2v) is 3.18. The molecule has 0 aromatic carbocycles. The van der Waals surface area contributed by atoms with Crippen molar-refractivity contribution in [2.75, 3.05) is 0 Å². The highest BCUT2D eigenvalue weighted by Gasteiger charge is 2.13. The number of nitrogens with zero attached hydrogens (tertiary/aromatic N) is 1. The van der Waals surface area contributed by atoms with E-state index in [1.165, 1.54) is 0 Å². The summed E-state index contributed by atoms with van der Waals surface area (Å²) in [6, 6.07) is 0. The Morgan fingerprint density at radius 3 is 1.88 bits per heavy atom. The van der Waals surface area contributed by atoms with Crippen LogP contribution in [-0.2, 0) is 0 Å². The highest BCUT2D eigenvalue weighted by Crippen LogP contribution is 2.17. The van der Waals surface area contributed by atoms with Crippen molar-refractivity contribution in [2.45, 2.75) is 20.8 Å². The molecule has 0 amide bonds. The van der Waals surface area contributed by atoms with Gasteiger partial charge < -0.3 is 0 Å². The van der Waals surface area contributed by atoms with E-state index in [0.717, 1.165) is 0 Å². The Hall–Kier alpha value is -0.230. The van der Waals surface area contributed by atoms with Crippen LogP contribution in [0.1, 0.15) is 20.8 Å². The lowest BCUT2D eigenvalue weighted by Gasteiger charge is -2.14. The molecule has 46 valence electrons. The highest BCUT2D eigenvalue weighted by atomic mass is 31.0. The summed E-state index contributed by atoms with van der Waals surface area (Å²) in [4.78, 5) is 0. The van der Waals surface area contributed by atoms with E-state index in [2.05, 4.69) is 14.0 Å². The average Bonchev–Trinajstić information content (AvgIpc) is 1.62. The molecule has 1 N–H and O–H groups in total. The quantitative estimate of drug-likeness (QED) is 0.417. The van der Waals surface area contributed by atoms with Crippen LogP contribution in [0.3, 0.4) is 0 Å². The van der Waals surface area contributed by atoms with Gasteiger partial charge in [-0.15, -0.1) is 0 Å². The fourth-order valence-electron chi connectivity index (χ4n) is 0.168. The van der Waals surface area contributed by atoms with E-state index in [1.54, 1.807) is 0 Å². The number of rotatable bonds is 1. The SMILES string of the molecule is CC(C)(C)C(=P)N=N. The molecule has 0 spiro atoms. The molecule has 3 heteroatoms. The molecule has 0 heterocycles. The van der Waals surface area contributed by atoms with Crippen LogP contribution in [-0.4, -0.2) is 5.42 Å². The number of hydrogen-bond acceptors (Lipinski definition) is 1. The van der Waals surface area contributed by atoms with Gasteiger partial charge in [0.05, 0.1) is 5.42 Å². The van der Waals surface area contributed by atoms with Crippen LogP contribution in [0.25, 0.3) is 0 Å². The molecule has 0 saturated carbocycles. The molecule has 2 nitrogen and oxygen atoms in total. The summed E-state index contributed by atoms with van der Waals surface area (Å²) < 4.78 is 0. The molecule has 0 bridgehead atoms. The first-order chi connectivity index (χ1) is 3.48. The van der Waals surface area contributed by atoms with Gasteiger partial charge in [0.15, 0.2) is 0 Å². The first-order valence-corrected chi connectivity index (χ1v) is 2.95. The molecule has 0 aliphatic heterocycles. The molecule has 0 radical (unpaired) electrons. The lowest BCUT2D eigenvalue weighted by Crippen LogP contribution is -2.14. The molecule has 0 unspecified atom stereocenters. The van der Waals surface area contributed by atoms with Crippen molar-refractivity contribution in [2.24, 2.45) is 10.5 Å². The Kier molecular flexibility index (Phi) is 2.29. The minimum absolute atomic E-state index is 0.0152. The van der Waals surface area contributed by atoms with Crippen molar-refractivity contribution in [3.63, 3.8) is 0 Å². The van der Waals surface area contributed by atoms with Gasteiger partial charge in [-0.2, -0.15) is 5.11 Å². The summed E-state index contributed by atoms with van der Waals surface area (Å²) in [7, 11) is 3.21. The summed E-state index contributed by atoms with van der Waals surface area (Å²) in [5, 5.41) is 3.24. The maximum atomic E-state index is 6.60. The lowest BCUT2D eigenvalue weighted by atomic mass is 9.97. The highest BCUT2D eigenvalue weighted by molar-refractivity contribution is 7.21. The van der Waals surface area contributed by atoms with Crippen LogP contribution < -0.4 is 0 Å². The van der Waals surface area contributed by atoms with Gasteiger partial charge in [-0.3, -0.25) is 0 Å². The topological polar surface area (TPSA) is 36.2 Å². The van der Waals surface area contributed by atoms with Gasteiger partial charge in [0.1, 0.15) is 0 Å². The predicted molar refractivity (Wildman–Crippen MR) is 37.9 cm³/mol. The largest absolute Gasteiger partial charge is 0.204 e. The fraction of sp³-hybridized carbons (Fsp3) is 0.800. The molecule has 0 atom stereocenters. The minimum atomic E-state index is -0.0152. The van der Waals surface area contributed by atoms with E-state index in [0.29, 0.717) is 5.42 Å². The zero-order chi connectivity index (χ0) is 6.78. The van der Waals surface area contributed by atoms with Crippen molar-refractivity contribution < 1.29 is 0 Å². The van der Waals surface area contributed by atoms with Gasteiger partial charge in [-0.25, -0.2) is 5.53 Å². The standard InChI is InChI=1S/C5H11N2P/c1-5(2,3)4(8)7-6/h6,8H,1-3H3. The van der Waals surface area contributed by atoms with Gasteiger partial charge in [0.25, 0.3) is 0 Å². The summed E-state index contributed by atoms with van der Waals surface area (Å²) in [5.74, 6) is 0. The van der Waals surface area contributed by atoms with E-state index in [1.807, 2.05) is 20.8 Å². The third-order valence-electron chi connectivity index (χ3n) is 0.822. The molecule has 0 aromatic heterocycles. The maximum absolute atomic E-state index is 6.60. The Morgan fingerprint density at radius 1 is 1.50 bits per heavy atom. The van der Waals surface area contributed by atoms with E-state index < -0.39 is 0 Å². The summed E-state index contributed by atoms with van der Waals surface area (Å²) in [6.45, 7) is 5.98. The van der Waals surface area contributed by atoms with Crippen molar-refractivity contribution in [1.82, 2.24) is 0 Å². The van der Waals surface area contributed by atoms with Crippen LogP contribution in [0.2, 0.25) is 0 Å². The number of nitrogens with one attached hydrogen (secondary N) is 1. The molecule has 0 saturated heterocycles. The first kappa shape index (κ1) is 7.77. The van der Waals surface area contributed by atoms with Gasteiger partial charge in [-0.1, -0.05) is 29.6 Å². The van der Waals surface area contributed by atoms with Gasteiger partial charge in [-0.05, 0) is 0 Å². The molecule has 0 aliphatic carbocycles. The van der Waals surface area contributed by atoms with Gasteiger partial charge in [0, 0.05) is 5.41 Å². The second kappa shape index (κ2) is 2.36. The van der Waals surface area contributed by atoms with Crippen LogP contribution >= 0.6 is 8.86 Å². The Morgan fingerprint density at radius 2 is 1.88 bits per heavy atom. The van der Waals surface area contributed by atoms with Crippen LogP contribution in [0, 0.1) is 10.9 Å². The van der Waals surface area contributed by atoms with Crippen LogP contribution in [0.15, 0.2) is 5.11 Å². The van der Waals surface area contributed by atoms with E-state index in [4.69, 9.17) is 5.53 Å². The second-order valence-electron chi connectivity index (χ2n) is 2.71. The Bertz CT molecular complexity index is 112. The Labute approximate surface area is 52.0 Å². The molecule has 0 rings (SSSR count). The lowest BCUT2D eigenvalue weighted by molar-refractivity contribution is 0.591. The molecular weight excluding hydrogens is 119 g/mol. The number of hydrogen-bond donors (Lipinski definition) is 1. The predicted octanol–water partition coefficient (Wildman–Crippen LogP) is 2.34. The summed E-state index contributed by atoms with van der Waals surface area (Å²) in [5.41, 5.74) is 7.27. The van der Waals surface area contributed by atoms with E-state index >= 15 is 0 Å². The van der Waals surface area contributed by atoms with Gasteiger partial charge in [0.2, 0.25) is 0 Å². The normalized spacial score (nSPS) is 10.9. The monoisotopic (exact) mass is 130 g/mol. The molecule has 0 aliphatic rings. The summed E-state index contributed by atoms with van der Waals surface area (Å²) >= 11 is 0. The molecule has 0 fully saturated rings. The zero-order valence-corrected chi connectivity index (χ0v) is 6.45. The average molecular weight is 130 g/mol. The Balaban J connectivity index is 4.02. The van der Waals surface area contributed by atoms with Crippen LogP contribution in [0.5, 0.6) is 0 Å². The third-order valence-corrected chi connectivity index (χ3v) is 1.68. The molecule has 0 aromatic rings. The smallest absolute Gasteiger partial charge is 0.0869 e. The van der Waals surface area contributed by atoms with E-state index in [-0.39, 0.29) is 5.41 Å². The van der Waals surface area contributed by atoms with E-state index in [9.17, 15) is 0 Å². The van der Waals surface area contributed by atoms with Crippen molar-refractivity contribution in [3.05, 3.63) is 0 Å². The van der Waals surface area contributed by atoms with Crippen molar-refractivity contribution in [3.8, 4) is 0 Å². The third kappa shape index (κ3) is 2.17. The van der Waals surface area contributed by atoms with Crippen molar-refractivity contribution >= 4 is 14.3 Å².